The quantitative estimate of drug-likeness (QED) is 0.617. The second-order valence-electron chi connectivity index (χ2n) is 5.62. The van der Waals surface area contributed by atoms with E-state index in [1.165, 1.54) is 23.1 Å². The lowest BCUT2D eigenvalue weighted by molar-refractivity contribution is -0.116. The molecule has 0 unspecified atom stereocenters. The Morgan fingerprint density at radius 1 is 1.25 bits per heavy atom. The molecule has 0 radical (unpaired) electrons. The van der Waals surface area contributed by atoms with Gasteiger partial charge in [-0.25, -0.2) is 0 Å². The van der Waals surface area contributed by atoms with Crippen LogP contribution >= 0.6 is 11.8 Å². The fourth-order valence-electron chi connectivity index (χ4n) is 2.77. The van der Waals surface area contributed by atoms with E-state index in [1.807, 2.05) is 30.3 Å². The Balaban J connectivity index is 1.68. The molecule has 0 fully saturated rings. The number of aromatic nitrogens is 3. The van der Waals surface area contributed by atoms with E-state index in [9.17, 15) is 4.79 Å². The highest BCUT2D eigenvalue weighted by molar-refractivity contribution is 7.99. The van der Waals surface area contributed by atoms with Gasteiger partial charge in [-0.1, -0.05) is 36.4 Å². The van der Waals surface area contributed by atoms with Crippen LogP contribution in [0.3, 0.4) is 0 Å². The minimum Gasteiger partial charge on any atom is -0.306 e. The zero-order valence-electron chi connectivity index (χ0n) is 13.4. The maximum absolute atomic E-state index is 12.6. The molecule has 0 bridgehead atoms. The average molecular weight is 341 g/mol. The summed E-state index contributed by atoms with van der Waals surface area (Å²) in [7, 11) is 0. The second-order valence-corrected chi connectivity index (χ2v) is 6.57. The normalized spacial score (nSPS) is 13.6. The van der Waals surface area contributed by atoms with Crippen LogP contribution in [0.5, 0.6) is 0 Å². The minimum atomic E-state index is -0.0984. The number of amides is 1. The van der Waals surface area contributed by atoms with Crippen LogP contribution in [-0.2, 0) is 17.8 Å². The molecule has 6 nitrogen and oxygen atoms in total. The number of carbonyl (C=O) groups excluding carboxylic acids is 1. The Hall–Kier alpha value is -2.33. The number of carbonyl (C=O) groups is 1. The third-order valence-electron chi connectivity index (χ3n) is 4.00. The summed E-state index contributed by atoms with van der Waals surface area (Å²) in [6.07, 6.45) is 4.42. The summed E-state index contributed by atoms with van der Waals surface area (Å²) in [4.78, 5) is 14.1. The van der Waals surface area contributed by atoms with Crippen LogP contribution < -0.4 is 4.90 Å². The maximum Gasteiger partial charge on any atom is 0.238 e. The van der Waals surface area contributed by atoms with Crippen LogP contribution in [0.2, 0.25) is 0 Å². The van der Waals surface area contributed by atoms with Gasteiger partial charge in [0.25, 0.3) is 0 Å². The van der Waals surface area contributed by atoms with Crippen LogP contribution in [0.25, 0.3) is 0 Å². The van der Waals surface area contributed by atoms with E-state index < -0.39 is 0 Å². The lowest BCUT2D eigenvalue weighted by Gasteiger charge is -2.19. The third kappa shape index (κ3) is 3.77. The van der Waals surface area contributed by atoms with Gasteiger partial charge in [0.15, 0.2) is 5.16 Å². The fourth-order valence-corrected chi connectivity index (χ4v) is 3.63. The van der Waals surface area contributed by atoms with Crippen LogP contribution in [0.15, 0.2) is 35.5 Å². The summed E-state index contributed by atoms with van der Waals surface area (Å²) >= 11 is 1.40. The maximum atomic E-state index is 12.6. The molecule has 24 heavy (non-hydrogen) atoms. The zero-order valence-corrected chi connectivity index (χ0v) is 14.2. The van der Waals surface area contributed by atoms with Crippen molar-refractivity contribution in [3.05, 3.63) is 36.2 Å². The Morgan fingerprint density at radius 3 is 2.88 bits per heavy atom. The molecule has 7 heteroatoms. The van der Waals surface area contributed by atoms with Gasteiger partial charge in [-0.15, -0.1) is 10.2 Å². The highest BCUT2D eigenvalue weighted by Gasteiger charge is 2.19. The van der Waals surface area contributed by atoms with Crippen LogP contribution in [0.4, 0.5) is 5.69 Å². The smallest absolute Gasteiger partial charge is 0.238 e. The SMILES string of the molecule is N#CCN(C(=O)CSc1nnc2n1CCCCC2)c1ccccc1. The molecular weight excluding hydrogens is 322 g/mol. The van der Waals surface area contributed by atoms with Gasteiger partial charge in [-0.2, -0.15) is 5.26 Å². The summed E-state index contributed by atoms with van der Waals surface area (Å²) < 4.78 is 2.13. The number of fused-ring (bicyclic) bond motifs is 1. The van der Waals surface area contributed by atoms with E-state index in [1.54, 1.807) is 0 Å². The number of thioether (sulfide) groups is 1. The number of nitriles is 1. The number of benzene rings is 1. The molecule has 2 heterocycles. The average Bonchev–Trinajstić information content (AvgIpc) is 2.84. The van der Waals surface area contributed by atoms with Gasteiger partial charge >= 0.3 is 0 Å². The largest absolute Gasteiger partial charge is 0.306 e. The first-order valence-electron chi connectivity index (χ1n) is 8.07. The molecule has 1 aliphatic heterocycles. The number of hydrogen-bond donors (Lipinski definition) is 0. The molecule has 1 amide bonds. The first kappa shape index (κ1) is 16.5. The summed E-state index contributed by atoms with van der Waals surface area (Å²) in [5.41, 5.74) is 0.740. The highest BCUT2D eigenvalue weighted by atomic mass is 32.2. The first-order valence-corrected chi connectivity index (χ1v) is 9.05. The van der Waals surface area contributed by atoms with E-state index in [-0.39, 0.29) is 18.2 Å². The van der Waals surface area contributed by atoms with Crippen molar-refractivity contribution in [2.75, 3.05) is 17.2 Å². The van der Waals surface area contributed by atoms with Gasteiger partial charge in [0.1, 0.15) is 12.4 Å². The highest BCUT2D eigenvalue weighted by Crippen LogP contribution is 2.23. The summed E-state index contributed by atoms with van der Waals surface area (Å²) in [5, 5.41) is 18.3. The number of nitrogens with zero attached hydrogens (tertiary/aromatic N) is 5. The molecule has 0 aliphatic carbocycles. The van der Waals surface area contributed by atoms with Crippen molar-refractivity contribution in [3.63, 3.8) is 0 Å². The van der Waals surface area contributed by atoms with E-state index in [2.05, 4.69) is 20.8 Å². The van der Waals surface area contributed by atoms with Crippen LogP contribution in [-0.4, -0.2) is 33.0 Å². The lowest BCUT2D eigenvalue weighted by Crippen LogP contribution is -2.32. The summed E-state index contributed by atoms with van der Waals surface area (Å²) in [6, 6.07) is 11.3. The van der Waals surface area contributed by atoms with Crippen molar-refractivity contribution < 1.29 is 4.79 Å². The predicted molar refractivity (Wildman–Crippen MR) is 92.7 cm³/mol. The van der Waals surface area contributed by atoms with Gasteiger partial charge in [-0.3, -0.25) is 9.69 Å². The van der Waals surface area contributed by atoms with Gasteiger partial charge in [0.2, 0.25) is 5.91 Å². The molecule has 0 N–H and O–H groups in total. The van der Waals surface area contributed by atoms with Crippen LogP contribution in [0.1, 0.15) is 25.1 Å². The third-order valence-corrected chi connectivity index (χ3v) is 4.95. The number of anilines is 1. The number of rotatable bonds is 5. The monoisotopic (exact) mass is 341 g/mol. The minimum absolute atomic E-state index is 0.0430. The molecule has 124 valence electrons. The molecule has 0 saturated heterocycles. The lowest BCUT2D eigenvalue weighted by atomic mass is 10.2. The van der Waals surface area contributed by atoms with E-state index in [4.69, 9.17) is 5.26 Å². The first-order chi connectivity index (χ1) is 11.8. The fraction of sp³-hybridized carbons (Fsp3) is 0.412. The van der Waals surface area contributed by atoms with E-state index in [0.29, 0.717) is 0 Å². The van der Waals surface area contributed by atoms with E-state index >= 15 is 0 Å². The standard InChI is InChI=1S/C17H19N5OS/c18-10-12-21(14-7-3-1-4-8-14)16(23)13-24-17-20-19-15-9-5-2-6-11-22(15)17/h1,3-4,7-8H,2,5-6,9,11-13H2. The molecule has 1 aromatic carbocycles. The van der Waals surface area contributed by atoms with E-state index in [0.717, 1.165) is 42.5 Å². The predicted octanol–water partition coefficient (Wildman–Crippen LogP) is 2.65. The second kappa shape index (κ2) is 7.97. The van der Waals surface area contributed by atoms with Crippen molar-refractivity contribution in [2.45, 2.75) is 37.4 Å². The Labute approximate surface area is 145 Å². The van der Waals surface area contributed by atoms with Gasteiger partial charge in [0.05, 0.1) is 11.8 Å². The number of hydrogen-bond acceptors (Lipinski definition) is 5. The molecule has 1 aliphatic rings. The molecule has 2 aromatic rings. The number of para-hydroxylation sites is 1. The number of aryl methyl sites for hydroxylation is 1. The molecule has 0 spiro atoms. The Morgan fingerprint density at radius 2 is 2.08 bits per heavy atom. The molecule has 0 atom stereocenters. The van der Waals surface area contributed by atoms with Crippen molar-refractivity contribution in [3.8, 4) is 6.07 Å². The Bertz CT molecular complexity index is 737. The van der Waals surface area contributed by atoms with Gasteiger partial charge in [0, 0.05) is 18.7 Å². The van der Waals surface area contributed by atoms with Gasteiger partial charge < -0.3 is 4.57 Å². The summed E-state index contributed by atoms with van der Waals surface area (Å²) in [5.74, 6) is 1.16. The van der Waals surface area contributed by atoms with Crippen molar-refractivity contribution in [1.82, 2.24) is 14.8 Å². The van der Waals surface area contributed by atoms with Crippen molar-refractivity contribution >= 4 is 23.4 Å². The van der Waals surface area contributed by atoms with Crippen LogP contribution in [0, 0.1) is 11.3 Å². The molecular formula is C17H19N5OS. The molecule has 1 aromatic heterocycles. The van der Waals surface area contributed by atoms with Gasteiger partial charge in [-0.05, 0) is 25.0 Å². The zero-order chi connectivity index (χ0) is 16.8. The Kier molecular flexibility index (Phi) is 5.49. The molecule has 3 rings (SSSR count). The molecule has 0 saturated carbocycles. The topological polar surface area (TPSA) is 74.8 Å². The van der Waals surface area contributed by atoms with Crippen molar-refractivity contribution in [2.24, 2.45) is 0 Å². The summed E-state index contributed by atoms with van der Waals surface area (Å²) in [6.45, 7) is 0.959. The van der Waals surface area contributed by atoms with Crippen molar-refractivity contribution in [1.29, 1.82) is 5.26 Å².